The molecule has 0 bridgehead atoms. The van der Waals surface area contributed by atoms with Crippen molar-refractivity contribution in [3.63, 3.8) is 0 Å². The monoisotopic (exact) mass is 287 g/mol. The zero-order valence-corrected chi connectivity index (χ0v) is 11.2. The number of nitrogens with one attached hydrogen (secondary N) is 1. The van der Waals surface area contributed by atoms with Crippen LogP contribution in [-0.2, 0) is 0 Å². The van der Waals surface area contributed by atoms with Crippen LogP contribution >= 0.6 is 15.9 Å². The van der Waals surface area contributed by atoms with Crippen LogP contribution in [0.1, 0.15) is 16.7 Å². The molecule has 5 heteroatoms. The van der Waals surface area contributed by atoms with Gasteiger partial charge < -0.3 is 9.84 Å². The lowest BCUT2D eigenvalue weighted by atomic mass is 10.0. The number of halogens is 1. The lowest BCUT2D eigenvalue weighted by molar-refractivity contribution is 0.209. The number of ether oxygens (including phenoxy) is 1. The molecule has 1 aromatic carbocycles. The van der Waals surface area contributed by atoms with Crippen LogP contribution in [0.15, 0.2) is 4.47 Å². The number of methoxy groups -OCH3 is 1. The van der Waals surface area contributed by atoms with Gasteiger partial charge in [-0.3, -0.25) is 5.32 Å². The Morgan fingerprint density at radius 3 is 2.25 bits per heavy atom. The van der Waals surface area contributed by atoms with Crippen LogP contribution in [0.5, 0.6) is 5.75 Å². The predicted molar refractivity (Wildman–Crippen MR) is 66.6 cm³/mol. The predicted octanol–water partition coefficient (Wildman–Crippen LogP) is 3.47. The number of benzene rings is 1. The third kappa shape index (κ3) is 2.14. The molecule has 0 fully saturated rings. The molecule has 0 aliphatic rings. The molecule has 0 unspecified atom stereocenters. The highest BCUT2D eigenvalue weighted by Gasteiger charge is 2.17. The van der Waals surface area contributed by atoms with Crippen LogP contribution < -0.4 is 10.1 Å². The number of carbonyl (C=O) groups is 1. The summed E-state index contributed by atoms with van der Waals surface area (Å²) in [6.07, 6.45) is -1.10. The van der Waals surface area contributed by atoms with Crippen LogP contribution in [-0.4, -0.2) is 18.3 Å². The van der Waals surface area contributed by atoms with Gasteiger partial charge in [-0.2, -0.15) is 0 Å². The van der Waals surface area contributed by atoms with Crippen molar-refractivity contribution in [3.05, 3.63) is 21.2 Å². The molecule has 0 atom stereocenters. The van der Waals surface area contributed by atoms with E-state index in [0.29, 0.717) is 11.4 Å². The average molecular weight is 288 g/mol. The van der Waals surface area contributed by atoms with E-state index in [0.717, 1.165) is 21.2 Å². The van der Waals surface area contributed by atoms with Gasteiger partial charge in [0.2, 0.25) is 0 Å². The van der Waals surface area contributed by atoms with Gasteiger partial charge >= 0.3 is 6.09 Å². The summed E-state index contributed by atoms with van der Waals surface area (Å²) < 4.78 is 6.14. The molecule has 0 saturated carbocycles. The highest BCUT2D eigenvalue weighted by Crippen LogP contribution is 2.39. The van der Waals surface area contributed by atoms with Gasteiger partial charge in [0.05, 0.1) is 12.8 Å². The van der Waals surface area contributed by atoms with E-state index in [1.54, 1.807) is 0 Å². The molecule has 88 valence electrons. The smallest absolute Gasteiger partial charge is 0.409 e. The van der Waals surface area contributed by atoms with E-state index in [4.69, 9.17) is 9.84 Å². The molecule has 0 aromatic heterocycles. The molecule has 0 saturated heterocycles. The van der Waals surface area contributed by atoms with Gasteiger partial charge in [-0.25, -0.2) is 4.79 Å². The molecule has 4 nitrogen and oxygen atoms in total. The largest absolute Gasteiger partial charge is 0.494 e. The maximum atomic E-state index is 10.7. The van der Waals surface area contributed by atoms with Crippen molar-refractivity contribution in [1.82, 2.24) is 0 Å². The molecule has 0 spiro atoms. The van der Waals surface area contributed by atoms with E-state index >= 15 is 0 Å². The Morgan fingerprint density at radius 2 is 1.81 bits per heavy atom. The maximum absolute atomic E-state index is 10.7. The minimum atomic E-state index is -1.10. The second-order valence-electron chi connectivity index (χ2n) is 3.53. The van der Waals surface area contributed by atoms with Crippen molar-refractivity contribution >= 4 is 27.7 Å². The number of amides is 1. The fourth-order valence-electron chi connectivity index (χ4n) is 1.60. The topological polar surface area (TPSA) is 58.6 Å². The number of anilines is 1. The van der Waals surface area contributed by atoms with E-state index in [1.165, 1.54) is 7.11 Å². The highest BCUT2D eigenvalue weighted by molar-refractivity contribution is 9.10. The zero-order chi connectivity index (χ0) is 12.5. The number of rotatable bonds is 2. The first-order valence-corrected chi connectivity index (χ1v) is 5.52. The van der Waals surface area contributed by atoms with Gasteiger partial charge in [-0.05, 0) is 37.5 Å². The van der Waals surface area contributed by atoms with Crippen molar-refractivity contribution < 1.29 is 14.6 Å². The maximum Gasteiger partial charge on any atom is 0.409 e. The molecule has 16 heavy (non-hydrogen) atoms. The zero-order valence-electron chi connectivity index (χ0n) is 9.64. The molecular formula is C11H14BrNO3. The summed E-state index contributed by atoms with van der Waals surface area (Å²) in [5, 5.41) is 11.1. The summed E-state index contributed by atoms with van der Waals surface area (Å²) in [6.45, 7) is 5.69. The van der Waals surface area contributed by atoms with Crippen molar-refractivity contribution in [2.75, 3.05) is 12.4 Å². The van der Waals surface area contributed by atoms with Gasteiger partial charge in [-0.1, -0.05) is 15.9 Å². The molecular weight excluding hydrogens is 274 g/mol. The third-order valence-electron chi connectivity index (χ3n) is 2.60. The molecule has 0 radical (unpaired) electrons. The molecule has 1 rings (SSSR count). The van der Waals surface area contributed by atoms with Gasteiger partial charge in [-0.15, -0.1) is 0 Å². The Labute approximate surface area is 103 Å². The molecule has 1 aromatic rings. The summed E-state index contributed by atoms with van der Waals surface area (Å²) in [7, 11) is 1.53. The van der Waals surface area contributed by atoms with Gasteiger partial charge in [0, 0.05) is 4.47 Å². The van der Waals surface area contributed by atoms with Crippen LogP contribution in [0.2, 0.25) is 0 Å². The SMILES string of the molecule is COc1c(C)c(C)c(Br)c(C)c1NC(=O)O. The second-order valence-corrected chi connectivity index (χ2v) is 4.32. The normalized spacial score (nSPS) is 10.1. The van der Waals surface area contributed by atoms with E-state index < -0.39 is 6.09 Å². The Bertz CT molecular complexity index is 444. The van der Waals surface area contributed by atoms with Crippen LogP contribution in [0.25, 0.3) is 0 Å². The highest BCUT2D eigenvalue weighted by atomic mass is 79.9. The van der Waals surface area contributed by atoms with Gasteiger partial charge in [0.1, 0.15) is 5.75 Å². The Balaban J connectivity index is 3.50. The van der Waals surface area contributed by atoms with Crippen molar-refractivity contribution in [2.45, 2.75) is 20.8 Å². The Kier molecular flexibility index (Phi) is 3.80. The number of carboxylic acid groups (broad SMARTS) is 1. The van der Waals surface area contributed by atoms with Crippen molar-refractivity contribution in [3.8, 4) is 5.75 Å². The molecule has 0 heterocycles. The van der Waals surface area contributed by atoms with E-state index in [1.807, 2.05) is 20.8 Å². The fourth-order valence-corrected chi connectivity index (χ4v) is 2.09. The Morgan fingerprint density at radius 1 is 1.25 bits per heavy atom. The summed E-state index contributed by atoms with van der Waals surface area (Å²) >= 11 is 3.45. The number of hydrogen-bond acceptors (Lipinski definition) is 2. The lowest BCUT2D eigenvalue weighted by Gasteiger charge is -2.18. The second kappa shape index (κ2) is 4.74. The molecule has 0 aliphatic carbocycles. The summed E-state index contributed by atoms with van der Waals surface area (Å²) in [4.78, 5) is 10.7. The lowest BCUT2D eigenvalue weighted by Crippen LogP contribution is -2.11. The fraction of sp³-hybridized carbons (Fsp3) is 0.364. The first-order valence-electron chi connectivity index (χ1n) is 4.73. The standard InChI is InChI=1S/C11H14BrNO3/c1-5-6(2)10(16-4)9(13-11(14)15)7(3)8(5)12/h13H,1-4H3,(H,14,15). The Hall–Kier alpha value is -1.23. The summed E-state index contributed by atoms with van der Waals surface area (Å²) in [6, 6.07) is 0. The van der Waals surface area contributed by atoms with Gasteiger partial charge in [0.15, 0.2) is 0 Å². The van der Waals surface area contributed by atoms with Crippen LogP contribution in [0.3, 0.4) is 0 Å². The van der Waals surface area contributed by atoms with E-state index in [9.17, 15) is 4.79 Å². The van der Waals surface area contributed by atoms with Gasteiger partial charge in [0.25, 0.3) is 0 Å². The van der Waals surface area contributed by atoms with Crippen LogP contribution in [0, 0.1) is 20.8 Å². The van der Waals surface area contributed by atoms with Crippen molar-refractivity contribution in [1.29, 1.82) is 0 Å². The minimum Gasteiger partial charge on any atom is -0.494 e. The first kappa shape index (κ1) is 12.8. The summed E-state index contributed by atoms with van der Waals surface area (Å²) in [5.74, 6) is 0.570. The minimum absolute atomic E-state index is 0.491. The number of hydrogen-bond donors (Lipinski definition) is 2. The van der Waals surface area contributed by atoms with Crippen molar-refractivity contribution in [2.24, 2.45) is 0 Å². The quantitative estimate of drug-likeness (QED) is 0.876. The molecule has 0 aliphatic heterocycles. The first-order chi connectivity index (χ1) is 7.40. The van der Waals surface area contributed by atoms with E-state index in [-0.39, 0.29) is 0 Å². The third-order valence-corrected chi connectivity index (χ3v) is 3.79. The van der Waals surface area contributed by atoms with Crippen LogP contribution in [0.4, 0.5) is 10.5 Å². The van der Waals surface area contributed by atoms with E-state index in [2.05, 4.69) is 21.2 Å². The molecule has 1 amide bonds. The average Bonchev–Trinajstić information content (AvgIpc) is 2.23. The summed E-state index contributed by atoms with van der Waals surface area (Å²) in [5.41, 5.74) is 3.28. The molecule has 2 N–H and O–H groups in total.